The SMILES string of the molecule is Cc1ccc(CN(C)CNC(=O)c2c(F)ccc(OCc3nc4cc(Cl)cnc4s3)c2F)cc1. The predicted octanol–water partition coefficient (Wildman–Crippen LogP) is 5.33. The summed E-state index contributed by atoms with van der Waals surface area (Å²) in [6, 6.07) is 11.8. The number of rotatable bonds is 8. The van der Waals surface area contributed by atoms with Crippen LogP contribution in [-0.4, -0.2) is 34.5 Å². The molecule has 0 unspecified atom stereocenters. The van der Waals surface area contributed by atoms with Crippen molar-refractivity contribution in [2.75, 3.05) is 13.7 Å². The highest BCUT2D eigenvalue weighted by atomic mass is 35.5. The topological polar surface area (TPSA) is 67.4 Å². The Morgan fingerprint density at radius 1 is 1.21 bits per heavy atom. The summed E-state index contributed by atoms with van der Waals surface area (Å²) in [5, 5.41) is 3.55. The number of carbonyl (C=O) groups excluding carboxylic acids is 1. The van der Waals surface area contributed by atoms with E-state index in [1.54, 1.807) is 13.1 Å². The number of aromatic nitrogens is 2. The number of nitrogens with zero attached hydrogens (tertiary/aromatic N) is 3. The molecule has 0 atom stereocenters. The molecule has 2 aromatic heterocycles. The summed E-state index contributed by atoms with van der Waals surface area (Å²) >= 11 is 7.19. The Bertz CT molecular complexity index is 1330. The van der Waals surface area contributed by atoms with Gasteiger partial charge in [0.2, 0.25) is 0 Å². The van der Waals surface area contributed by atoms with Crippen molar-refractivity contribution in [1.29, 1.82) is 0 Å². The van der Waals surface area contributed by atoms with Gasteiger partial charge in [0, 0.05) is 12.7 Å². The van der Waals surface area contributed by atoms with Crippen LogP contribution >= 0.6 is 22.9 Å². The lowest BCUT2D eigenvalue weighted by Crippen LogP contribution is -2.35. The lowest BCUT2D eigenvalue weighted by molar-refractivity contribution is 0.0918. The van der Waals surface area contributed by atoms with Gasteiger partial charge in [-0.1, -0.05) is 52.8 Å². The van der Waals surface area contributed by atoms with Gasteiger partial charge in [-0.2, -0.15) is 0 Å². The second-order valence-corrected chi connectivity index (χ2v) is 9.27. The molecule has 34 heavy (non-hydrogen) atoms. The zero-order valence-electron chi connectivity index (χ0n) is 18.4. The first kappa shape index (κ1) is 24.0. The fraction of sp³-hybridized carbons (Fsp3) is 0.208. The van der Waals surface area contributed by atoms with Gasteiger partial charge in [0.05, 0.1) is 11.7 Å². The van der Waals surface area contributed by atoms with Crippen LogP contribution in [0.2, 0.25) is 5.02 Å². The molecule has 0 radical (unpaired) electrons. The second-order valence-electron chi connectivity index (χ2n) is 7.77. The maximum absolute atomic E-state index is 15.0. The summed E-state index contributed by atoms with van der Waals surface area (Å²) in [4.78, 5) is 23.6. The van der Waals surface area contributed by atoms with E-state index in [1.165, 1.54) is 17.5 Å². The summed E-state index contributed by atoms with van der Waals surface area (Å²) in [6.07, 6.45) is 1.51. The third kappa shape index (κ3) is 5.67. The maximum Gasteiger partial charge on any atom is 0.258 e. The summed E-state index contributed by atoms with van der Waals surface area (Å²) in [6.45, 7) is 2.61. The fourth-order valence-corrected chi connectivity index (χ4v) is 4.21. The van der Waals surface area contributed by atoms with Gasteiger partial charge in [-0.3, -0.25) is 9.69 Å². The minimum absolute atomic E-state index is 0.0679. The molecular weight excluding hydrogens is 482 g/mol. The monoisotopic (exact) mass is 502 g/mol. The number of carbonyl (C=O) groups is 1. The van der Waals surface area contributed by atoms with Crippen molar-refractivity contribution in [2.45, 2.75) is 20.1 Å². The molecule has 0 saturated carbocycles. The van der Waals surface area contributed by atoms with E-state index in [1.807, 2.05) is 36.1 Å². The van der Waals surface area contributed by atoms with E-state index in [0.717, 1.165) is 23.3 Å². The van der Waals surface area contributed by atoms with Gasteiger partial charge in [0.15, 0.2) is 11.6 Å². The molecule has 10 heteroatoms. The number of nitrogens with one attached hydrogen (secondary N) is 1. The van der Waals surface area contributed by atoms with E-state index in [9.17, 15) is 13.6 Å². The number of hydrogen-bond donors (Lipinski definition) is 1. The molecule has 0 spiro atoms. The fourth-order valence-electron chi connectivity index (χ4n) is 3.25. The van der Waals surface area contributed by atoms with Crippen LogP contribution in [-0.2, 0) is 13.2 Å². The molecule has 0 aliphatic rings. The number of halogens is 3. The first-order valence-corrected chi connectivity index (χ1v) is 11.5. The third-order valence-electron chi connectivity index (χ3n) is 4.98. The molecule has 4 rings (SSSR count). The van der Waals surface area contributed by atoms with Crippen LogP contribution in [0.4, 0.5) is 8.78 Å². The molecule has 1 N–H and O–H groups in total. The third-order valence-corrected chi connectivity index (χ3v) is 6.13. The van der Waals surface area contributed by atoms with E-state index in [4.69, 9.17) is 16.3 Å². The van der Waals surface area contributed by atoms with Crippen LogP contribution in [0.5, 0.6) is 5.75 Å². The Hall–Kier alpha value is -3.14. The number of hydrogen-bond acceptors (Lipinski definition) is 6. The summed E-state index contributed by atoms with van der Waals surface area (Å²) in [5.74, 6) is -3.15. The van der Waals surface area contributed by atoms with E-state index in [2.05, 4.69) is 15.3 Å². The number of benzene rings is 2. The van der Waals surface area contributed by atoms with Crippen LogP contribution in [0.1, 0.15) is 26.5 Å². The van der Waals surface area contributed by atoms with Crippen LogP contribution < -0.4 is 10.1 Å². The zero-order valence-corrected chi connectivity index (χ0v) is 20.0. The quantitative estimate of drug-likeness (QED) is 0.330. The Morgan fingerprint density at radius 2 is 1.97 bits per heavy atom. The number of thiazole rings is 1. The highest BCUT2D eigenvalue weighted by Gasteiger charge is 2.22. The van der Waals surface area contributed by atoms with Crippen LogP contribution in [0.15, 0.2) is 48.7 Å². The molecule has 0 aliphatic carbocycles. The highest BCUT2D eigenvalue weighted by molar-refractivity contribution is 7.18. The van der Waals surface area contributed by atoms with E-state index in [-0.39, 0.29) is 19.0 Å². The second kappa shape index (κ2) is 10.4. The Balaban J connectivity index is 1.40. The Morgan fingerprint density at radius 3 is 2.74 bits per heavy atom. The largest absolute Gasteiger partial charge is 0.483 e. The van der Waals surface area contributed by atoms with E-state index >= 15 is 0 Å². The molecule has 0 saturated heterocycles. The van der Waals surface area contributed by atoms with E-state index < -0.39 is 23.1 Å². The first-order chi connectivity index (χ1) is 16.3. The Labute approximate surface area is 204 Å². The van der Waals surface area contributed by atoms with Crippen molar-refractivity contribution in [1.82, 2.24) is 20.2 Å². The highest BCUT2D eigenvalue weighted by Crippen LogP contribution is 2.27. The van der Waals surface area contributed by atoms with Gasteiger partial charge in [-0.05, 0) is 37.7 Å². The van der Waals surface area contributed by atoms with Crippen molar-refractivity contribution < 1.29 is 18.3 Å². The molecule has 6 nitrogen and oxygen atoms in total. The summed E-state index contributed by atoms with van der Waals surface area (Å²) in [7, 11) is 1.80. The molecule has 0 fully saturated rings. The standard InChI is InChI=1S/C24H21ClF2N4O2S/c1-14-3-5-15(6-4-14)11-31(2)13-29-23(32)21-17(26)7-8-19(22(21)27)33-12-20-30-18-9-16(25)10-28-24(18)34-20/h3-10H,11-13H2,1-2H3,(H,29,32). The lowest BCUT2D eigenvalue weighted by atomic mass is 10.1. The molecule has 176 valence electrons. The minimum Gasteiger partial charge on any atom is -0.483 e. The van der Waals surface area contributed by atoms with Crippen molar-refractivity contribution in [3.05, 3.63) is 87.0 Å². The number of aryl methyl sites for hydroxylation is 1. The normalized spacial score (nSPS) is 11.2. The molecule has 2 aromatic carbocycles. The zero-order chi connectivity index (χ0) is 24.2. The number of ether oxygens (including phenoxy) is 1. The van der Waals surface area contributed by atoms with Crippen LogP contribution in [0, 0.1) is 18.6 Å². The van der Waals surface area contributed by atoms with Gasteiger partial charge in [-0.25, -0.2) is 18.7 Å². The van der Waals surface area contributed by atoms with Crippen molar-refractivity contribution in [2.24, 2.45) is 0 Å². The molecular formula is C24H21ClF2N4O2S. The Kier molecular flexibility index (Phi) is 7.35. The smallest absolute Gasteiger partial charge is 0.258 e. The average Bonchev–Trinajstić information content (AvgIpc) is 3.20. The van der Waals surface area contributed by atoms with Gasteiger partial charge in [0.25, 0.3) is 5.91 Å². The lowest BCUT2D eigenvalue weighted by Gasteiger charge is -2.18. The first-order valence-electron chi connectivity index (χ1n) is 10.3. The molecule has 2 heterocycles. The molecule has 1 amide bonds. The summed E-state index contributed by atoms with van der Waals surface area (Å²) < 4.78 is 34.8. The maximum atomic E-state index is 15.0. The van der Waals surface area contributed by atoms with Crippen molar-refractivity contribution in [3.8, 4) is 5.75 Å². The number of fused-ring (bicyclic) bond motifs is 1. The number of pyridine rings is 1. The van der Waals surface area contributed by atoms with Gasteiger partial charge < -0.3 is 10.1 Å². The van der Waals surface area contributed by atoms with Gasteiger partial charge in [0.1, 0.15) is 33.3 Å². The average molecular weight is 503 g/mol. The number of amides is 1. The van der Waals surface area contributed by atoms with Gasteiger partial charge >= 0.3 is 0 Å². The van der Waals surface area contributed by atoms with Gasteiger partial charge in [-0.15, -0.1) is 0 Å². The predicted molar refractivity (Wildman–Crippen MR) is 128 cm³/mol. The summed E-state index contributed by atoms with van der Waals surface area (Å²) in [5.41, 5.74) is 2.11. The van der Waals surface area contributed by atoms with E-state index in [0.29, 0.717) is 26.9 Å². The van der Waals surface area contributed by atoms with Crippen LogP contribution in [0.3, 0.4) is 0 Å². The van der Waals surface area contributed by atoms with Crippen molar-refractivity contribution in [3.63, 3.8) is 0 Å². The molecule has 0 aliphatic heterocycles. The minimum atomic E-state index is -1.07. The molecule has 0 bridgehead atoms. The molecule has 4 aromatic rings. The van der Waals surface area contributed by atoms with Crippen molar-refractivity contribution >= 4 is 39.2 Å². The van der Waals surface area contributed by atoms with Crippen LogP contribution in [0.25, 0.3) is 10.3 Å².